The standard InChI is InChI=1S/C8H4F4/c1-3-4(2)6(10)8(12)7(11)5(3)9/h1-2H2. The lowest BCUT2D eigenvalue weighted by molar-refractivity contribution is 0.402. The van der Waals surface area contributed by atoms with Crippen LogP contribution in [0.3, 0.4) is 0 Å². The van der Waals surface area contributed by atoms with Crippen LogP contribution in [0.4, 0.5) is 17.6 Å². The molecule has 0 aliphatic heterocycles. The fraction of sp³-hybridized carbons (Fsp3) is 0. The molecule has 0 nitrogen and oxygen atoms in total. The van der Waals surface area contributed by atoms with Gasteiger partial charge in [-0.25, -0.2) is 17.6 Å². The molecule has 0 aliphatic rings. The van der Waals surface area contributed by atoms with Gasteiger partial charge in [0.2, 0.25) is 0 Å². The predicted molar refractivity (Wildman–Crippen MR) is 36.6 cm³/mol. The quantitative estimate of drug-likeness (QED) is 0.315. The van der Waals surface area contributed by atoms with Crippen molar-refractivity contribution in [3.63, 3.8) is 0 Å². The van der Waals surface area contributed by atoms with Crippen molar-refractivity contribution in [3.05, 3.63) is 33.7 Å². The zero-order valence-electron chi connectivity index (χ0n) is 5.93. The SMILES string of the molecule is C=c1c(F)c(F)c(F)c(F)c1=C. The van der Waals surface area contributed by atoms with Gasteiger partial charge in [-0.05, 0) is 0 Å². The Morgan fingerprint density at radius 3 is 1.08 bits per heavy atom. The second-order valence-corrected chi connectivity index (χ2v) is 2.21. The summed E-state index contributed by atoms with van der Waals surface area (Å²) in [5.74, 6) is -6.72. The summed E-state index contributed by atoms with van der Waals surface area (Å²) in [6, 6.07) is 0. The smallest absolute Gasteiger partial charge is 0.198 e. The van der Waals surface area contributed by atoms with Crippen molar-refractivity contribution in [1.82, 2.24) is 0 Å². The van der Waals surface area contributed by atoms with E-state index in [-0.39, 0.29) is 0 Å². The summed E-state index contributed by atoms with van der Waals surface area (Å²) in [6.45, 7) is 6.00. The van der Waals surface area contributed by atoms with E-state index in [9.17, 15) is 17.6 Å². The maximum absolute atomic E-state index is 12.5. The Balaban J connectivity index is 3.86. The molecule has 0 radical (unpaired) electrons. The summed E-state index contributed by atoms with van der Waals surface area (Å²) in [4.78, 5) is 0. The molecule has 64 valence electrons. The first-order valence-corrected chi connectivity index (χ1v) is 2.96. The minimum atomic E-state index is -1.86. The van der Waals surface area contributed by atoms with Crippen molar-refractivity contribution in [3.8, 4) is 0 Å². The number of halogens is 4. The van der Waals surface area contributed by atoms with Gasteiger partial charge in [-0.2, -0.15) is 0 Å². The van der Waals surface area contributed by atoms with Crippen LogP contribution in [-0.4, -0.2) is 0 Å². The van der Waals surface area contributed by atoms with Gasteiger partial charge in [-0.15, -0.1) is 0 Å². The first-order chi connectivity index (χ1) is 5.46. The van der Waals surface area contributed by atoms with Gasteiger partial charge < -0.3 is 0 Å². The highest BCUT2D eigenvalue weighted by atomic mass is 19.2. The van der Waals surface area contributed by atoms with E-state index < -0.39 is 33.7 Å². The first-order valence-electron chi connectivity index (χ1n) is 2.96. The van der Waals surface area contributed by atoms with Gasteiger partial charge in [-0.1, -0.05) is 13.2 Å². The maximum atomic E-state index is 12.5. The molecule has 1 rings (SSSR count). The van der Waals surface area contributed by atoms with Crippen LogP contribution in [0, 0.1) is 23.3 Å². The van der Waals surface area contributed by atoms with E-state index in [4.69, 9.17) is 0 Å². The van der Waals surface area contributed by atoms with Crippen molar-refractivity contribution in [2.75, 3.05) is 0 Å². The molecule has 1 aromatic rings. The molecule has 4 heteroatoms. The maximum Gasteiger partial charge on any atom is 0.198 e. The van der Waals surface area contributed by atoms with Crippen LogP contribution in [0.5, 0.6) is 0 Å². The van der Waals surface area contributed by atoms with E-state index in [1.54, 1.807) is 0 Å². The van der Waals surface area contributed by atoms with Gasteiger partial charge in [0, 0.05) is 10.4 Å². The highest BCUT2D eigenvalue weighted by Crippen LogP contribution is 2.06. The highest BCUT2D eigenvalue weighted by Gasteiger charge is 2.15. The minimum absolute atomic E-state index is 0.564. The van der Waals surface area contributed by atoms with Crippen molar-refractivity contribution in [1.29, 1.82) is 0 Å². The lowest BCUT2D eigenvalue weighted by atomic mass is 10.2. The lowest BCUT2D eigenvalue weighted by Gasteiger charge is -1.97. The fourth-order valence-electron chi connectivity index (χ4n) is 0.723. The van der Waals surface area contributed by atoms with Gasteiger partial charge in [0.25, 0.3) is 0 Å². The predicted octanol–water partition coefficient (Wildman–Crippen LogP) is 1.06. The molecule has 0 aromatic heterocycles. The molecule has 0 unspecified atom stereocenters. The van der Waals surface area contributed by atoms with Gasteiger partial charge in [0.1, 0.15) is 0 Å². The fourth-order valence-corrected chi connectivity index (χ4v) is 0.723. The molecule has 0 amide bonds. The Kier molecular flexibility index (Phi) is 1.92. The third-order valence-electron chi connectivity index (χ3n) is 1.47. The molecule has 1 aromatic carbocycles. The molecule has 0 spiro atoms. The highest BCUT2D eigenvalue weighted by molar-refractivity contribution is 5.21. The van der Waals surface area contributed by atoms with E-state index in [1.165, 1.54) is 0 Å². The Morgan fingerprint density at radius 1 is 0.583 bits per heavy atom. The van der Waals surface area contributed by atoms with E-state index >= 15 is 0 Å². The Morgan fingerprint density at radius 2 is 0.833 bits per heavy atom. The summed E-state index contributed by atoms with van der Waals surface area (Å²) in [5.41, 5.74) is 0. The Bertz CT molecular complexity index is 381. The molecule has 0 atom stereocenters. The van der Waals surface area contributed by atoms with E-state index in [1.807, 2.05) is 0 Å². The summed E-state index contributed by atoms with van der Waals surface area (Å²) >= 11 is 0. The van der Waals surface area contributed by atoms with E-state index in [2.05, 4.69) is 13.2 Å². The average molecular weight is 176 g/mol. The van der Waals surface area contributed by atoms with Crippen molar-refractivity contribution < 1.29 is 17.6 Å². The zero-order valence-corrected chi connectivity index (χ0v) is 5.93. The molecule has 12 heavy (non-hydrogen) atoms. The number of hydrogen-bond acceptors (Lipinski definition) is 0. The molecule has 0 aliphatic carbocycles. The number of hydrogen-bond donors (Lipinski definition) is 0. The van der Waals surface area contributed by atoms with E-state index in [0.717, 1.165) is 0 Å². The van der Waals surface area contributed by atoms with Crippen LogP contribution in [0.2, 0.25) is 0 Å². The average Bonchev–Trinajstić information content (AvgIpc) is 2.08. The molecule has 0 saturated carbocycles. The van der Waals surface area contributed by atoms with Crippen molar-refractivity contribution in [2.24, 2.45) is 0 Å². The number of benzene rings is 1. The monoisotopic (exact) mass is 176 g/mol. The molecule has 0 fully saturated rings. The van der Waals surface area contributed by atoms with Crippen LogP contribution in [0.15, 0.2) is 0 Å². The van der Waals surface area contributed by atoms with Crippen LogP contribution >= 0.6 is 0 Å². The summed E-state index contributed by atoms with van der Waals surface area (Å²) < 4.78 is 49.8. The van der Waals surface area contributed by atoms with Crippen LogP contribution in [0.25, 0.3) is 13.2 Å². The second kappa shape index (κ2) is 2.62. The third-order valence-corrected chi connectivity index (χ3v) is 1.47. The van der Waals surface area contributed by atoms with Gasteiger partial charge in [-0.3, -0.25) is 0 Å². The lowest BCUT2D eigenvalue weighted by Crippen LogP contribution is -2.32. The first kappa shape index (κ1) is 8.77. The Labute approximate surface area is 65.4 Å². The summed E-state index contributed by atoms with van der Waals surface area (Å²) in [7, 11) is 0. The molecule has 0 bridgehead atoms. The molecule has 0 saturated heterocycles. The van der Waals surface area contributed by atoms with E-state index in [0.29, 0.717) is 0 Å². The largest absolute Gasteiger partial charge is 0.203 e. The Hall–Kier alpha value is -1.32. The number of rotatable bonds is 0. The topological polar surface area (TPSA) is 0 Å². The van der Waals surface area contributed by atoms with Crippen LogP contribution in [0.1, 0.15) is 0 Å². The van der Waals surface area contributed by atoms with Gasteiger partial charge in [0.05, 0.1) is 0 Å². The molecule has 0 N–H and O–H groups in total. The second-order valence-electron chi connectivity index (χ2n) is 2.21. The van der Waals surface area contributed by atoms with Gasteiger partial charge in [0.15, 0.2) is 23.3 Å². The summed E-state index contributed by atoms with van der Waals surface area (Å²) in [6.07, 6.45) is 0. The summed E-state index contributed by atoms with van der Waals surface area (Å²) in [5, 5.41) is -1.13. The molecular weight excluding hydrogens is 172 g/mol. The molecular formula is C8H4F4. The van der Waals surface area contributed by atoms with Crippen LogP contribution < -0.4 is 10.4 Å². The normalized spacial score (nSPS) is 10.3. The van der Waals surface area contributed by atoms with Gasteiger partial charge >= 0.3 is 0 Å². The minimum Gasteiger partial charge on any atom is -0.203 e. The van der Waals surface area contributed by atoms with Crippen molar-refractivity contribution >= 4 is 13.2 Å². The molecule has 0 heterocycles. The zero-order chi connectivity index (χ0) is 9.46. The van der Waals surface area contributed by atoms with Crippen LogP contribution in [-0.2, 0) is 0 Å². The van der Waals surface area contributed by atoms with Crippen molar-refractivity contribution in [2.45, 2.75) is 0 Å². The third kappa shape index (κ3) is 0.995.